The van der Waals surface area contributed by atoms with E-state index in [2.05, 4.69) is 35.0 Å². The van der Waals surface area contributed by atoms with E-state index >= 15 is 0 Å². The number of fused-ring (bicyclic) bond motifs is 1. The first-order valence-corrected chi connectivity index (χ1v) is 12.0. The highest BCUT2D eigenvalue weighted by atomic mass is 16.5. The average molecular weight is 480 g/mol. The molecule has 0 spiro atoms. The maximum atomic E-state index is 12.8. The third-order valence-corrected chi connectivity index (χ3v) is 6.42. The maximum Gasteiger partial charge on any atom is 0.287 e. The van der Waals surface area contributed by atoms with Gasteiger partial charge in [0.25, 0.3) is 5.91 Å². The van der Waals surface area contributed by atoms with Gasteiger partial charge in [0, 0.05) is 17.6 Å². The number of rotatable bonds is 7. The van der Waals surface area contributed by atoms with Gasteiger partial charge in [-0.25, -0.2) is 9.97 Å². The normalized spacial score (nSPS) is 17.0. The van der Waals surface area contributed by atoms with Crippen LogP contribution in [0, 0.1) is 0 Å². The van der Waals surface area contributed by atoms with Crippen LogP contribution < -0.4 is 10.1 Å². The standard InChI is InChI=1S/C27H25N7O2/c1-2-36-20-12-13-23(28-16-20)26-33-32-25(34(26)19-8-4-3-5-9-19)17-14-18(15-17)29-27(35)24-30-21-10-6-7-11-22(21)31-24/h3-13,16-18H,2,14-15H2,1H3,(H,29,35)(H,30,31). The number of imidazole rings is 1. The Morgan fingerprint density at radius 3 is 2.61 bits per heavy atom. The minimum Gasteiger partial charge on any atom is -0.492 e. The summed E-state index contributed by atoms with van der Waals surface area (Å²) in [6.07, 6.45) is 3.25. The Kier molecular flexibility index (Phi) is 5.65. The van der Waals surface area contributed by atoms with Gasteiger partial charge in [-0.3, -0.25) is 9.36 Å². The van der Waals surface area contributed by atoms with Gasteiger partial charge >= 0.3 is 0 Å². The molecule has 0 bridgehead atoms. The minimum absolute atomic E-state index is 0.0451. The fraction of sp³-hybridized carbons (Fsp3) is 0.222. The molecule has 0 aliphatic heterocycles. The lowest BCUT2D eigenvalue weighted by atomic mass is 9.79. The first kappa shape index (κ1) is 22.0. The number of benzene rings is 2. The number of ether oxygens (including phenoxy) is 1. The highest BCUT2D eigenvalue weighted by molar-refractivity contribution is 5.94. The lowest BCUT2D eigenvalue weighted by molar-refractivity contribution is 0.0897. The van der Waals surface area contributed by atoms with Crippen LogP contribution in [-0.2, 0) is 0 Å². The highest BCUT2D eigenvalue weighted by Gasteiger charge is 2.36. The van der Waals surface area contributed by atoms with Gasteiger partial charge < -0.3 is 15.0 Å². The van der Waals surface area contributed by atoms with E-state index in [1.165, 1.54) is 0 Å². The fourth-order valence-electron chi connectivity index (χ4n) is 4.58. The summed E-state index contributed by atoms with van der Waals surface area (Å²) in [4.78, 5) is 24.8. The number of carbonyl (C=O) groups is 1. The number of nitrogens with one attached hydrogen (secondary N) is 2. The highest BCUT2D eigenvalue weighted by Crippen LogP contribution is 2.38. The van der Waals surface area contributed by atoms with Crippen molar-refractivity contribution >= 4 is 16.9 Å². The number of nitrogens with zero attached hydrogens (tertiary/aromatic N) is 5. The molecule has 5 aromatic rings. The van der Waals surface area contributed by atoms with Crippen LogP contribution in [0.3, 0.4) is 0 Å². The van der Waals surface area contributed by atoms with Crippen LogP contribution in [-0.4, -0.2) is 48.3 Å². The SMILES string of the molecule is CCOc1ccc(-c2nnc(C3CC(NC(=O)c4nc5ccccc5[nH]4)C3)n2-c2ccccc2)nc1. The molecule has 180 valence electrons. The lowest BCUT2D eigenvalue weighted by Gasteiger charge is -2.35. The number of carbonyl (C=O) groups excluding carboxylic acids is 1. The Morgan fingerprint density at radius 1 is 1.06 bits per heavy atom. The van der Waals surface area contributed by atoms with Crippen molar-refractivity contribution in [1.29, 1.82) is 0 Å². The molecule has 9 heteroatoms. The van der Waals surface area contributed by atoms with Gasteiger partial charge in [-0.05, 0) is 56.2 Å². The summed E-state index contributed by atoms with van der Waals surface area (Å²) in [7, 11) is 0. The van der Waals surface area contributed by atoms with Crippen LogP contribution in [0.15, 0.2) is 72.9 Å². The molecule has 2 N–H and O–H groups in total. The average Bonchev–Trinajstić information content (AvgIpc) is 3.52. The molecule has 36 heavy (non-hydrogen) atoms. The Balaban J connectivity index is 1.22. The number of aromatic amines is 1. The Bertz CT molecular complexity index is 1470. The fourth-order valence-corrected chi connectivity index (χ4v) is 4.58. The molecule has 1 fully saturated rings. The van der Waals surface area contributed by atoms with Gasteiger partial charge in [0.2, 0.25) is 0 Å². The van der Waals surface area contributed by atoms with Crippen LogP contribution >= 0.6 is 0 Å². The van der Waals surface area contributed by atoms with Crippen LogP contribution in [0.2, 0.25) is 0 Å². The molecule has 1 amide bonds. The van der Waals surface area contributed by atoms with E-state index in [4.69, 9.17) is 4.74 Å². The van der Waals surface area contributed by atoms with E-state index in [1.54, 1.807) is 6.20 Å². The largest absolute Gasteiger partial charge is 0.492 e. The van der Waals surface area contributed by atoms with Crippen molar-refractivity contribution < 1.29 is 9.53 Å². The van der Waals surface area contributed by atoms with E-state index in [-0.39, 0.29) is 17.9 Å². The van der Waals surface area contributed by atoms with Crippen LogP contribution in [0.5, 0.6) is 5.75 Å². The lowest BCUT2D eigenvalue weighted by Crippen LogP contribution is -2.44. The molecule has 3 heterocycles. The van der Waals surface area contributed by atoms with Crippen molar-refractivity contribution in [2.75, 3.05) is 6.61 Å². The number of aromatic nitrogens is 6. The maximum absolute atomic E-state index is 12.8. The molecule has 1 saturated carbocycles. The van der Waals surface area contributed by atoms with Gasteiger partial charge in [-0.1, -0.05) is 30.3 Å². The van der Waals surface area contributed by atoms with E-state index in [0.29, 0.717) is 24.0 Å². The summed E-state index contributed by atoms with van der Waals surface area (Å²) >= 11 is 0. The van der Waals surface area contributed by atoms with Gasteiger partial charge in [-0.15, -0.1) is 10.2 Å². The molecule has 3 aromatic heterocycles. The van der Waals surface area contributed by atoms with Crippen LogP contribution in [0.1, 0.15) is 42.1 Å². The summed E-state index contributed by atoms with van der Waals surface area (Å²) < 4.78 is 7.59. The molecule has 2 aromatic carbocycles. The first-order chi connectivity index (χ1) is 17.7. The smallest absolute Gasteiger partial charge is 0.287 e. The number of H-pyrrole nitrogens is 1. The molecule has 0 unspecified atom stereocenters. The second-order valence-electron chi connectivity index (χ2n) is 8.81. The van der Waals surface area contributed by atoms with Gasteiger partial charge in [0.15, 0.2) is 11.6 Å². The zero-order valence-corrected chi connectivity index (χ0v) is 19.8. The van der Waals surface area contributed by atoms with Crippen LogP contribution in [0.25, 0.3) is 28.2 Å². The second-order valence-corrected chi connectivity index (χ2v) is 8.81. The number of amides is 1. The molecule has 1 aliphatic carbocycles. The van der Waals surface area contributed by atoms with Gasteiger partial charge in [0.05, 0.1) is 23.8 Å². The monoisotopic (exact) mass is 479 g/mol. The predicted molar refractivity (Wildman–Crippen MR) is 135 cm³/mol. The van der Waals surface area contributed by atoms with Crippen molar-refractivity contribution in [2.45, 2.75) is 31.7 Å². The van der Waals surface area contributed by atoms with Crippen LogP contribution in [0.4, 0.5) is 0 Å². The zero-order chi connectivity index (χ0) is 24.5. The minimum atomic E-state index is -0.196. The molecule has 9 nitrogen and oxygen atoms in total. The zero-order valence-electron chi connectivity index (χ0n) is 19.8. The topological polar surface area (TPSA) is 111 Å². The number of pyridine rings is 1. The molecule has 6 rings (SSSR count). The summed E-state index contributed by atoms with van der Waals surface area (Å²) in [5.41, 5.74) is 3.31. The van der Waals surface area contributed by atoms with E-state index in [0.717, 1.165) is 41.1 Å². The Morgan fingerprint density at radius 2 is 1.86 bits per heavy atom. The number of para-hydroxylation sites is 3. The summed E-state index contributed by atoms with van der Waals surface area (Å²) in [5.74, 6) is 2.55. The van der Waals surface area contributed by atoms with E-state index in [1.807, 2.05) is 73.7 Å². The third kappa shape index (κ3) is 4.08. The number of hydrogen-bond acceptors (Lipinski definition) is 6. The molecule has 0 atom stereocenters. The Hall–Kier alpha value is -4.53. The third-order valence-electron chi connectivity index (χ3n) is 6.42. The first-order valence-electron chi connectivity index (χ1n) is 12.0. The molecular weight excluding hydrogens is 454 g/mol. The molecule has 1 aliphatic rings. The summed E-state index contributed by atoms with van der Waals surface area (Å²) in [6, 6.07) is 21.5. The predicted octanol–water partition coefficient (Wildman–Crippen LogP) is 4.28. The van der Waals surface area contributed by atoms with Crippen molar-refractivity contribution in [3.8, 4) is 23.0 Å². The van der Waals surface area contributed by atoms with Crippen molar-refractivity contribution in [2.24, 2.45) is 0 Å². The second kappa shape index (κ2) is 9.26. The van der Waals surface area contributed by atoms with Crippen molar-refractivity contribution in [3.63, 3.8) is 0 Å². The Labute approximate surface area is 207 Å². The number of hydrogen-bond donors (Lipinski definition) is 2. The molecule has 0 radical (unpaired) electrons. The molecule has 0 saturated heterocycles. The van der Waals surface area contributed by atoms with E-state index in [9.17, 15) is 4.79 Å². The molecular formula is C27H25N7O2. The van der Waals surface area contributed by atoms with E-state index < -0.39 is 0 Å². The van der Waals surface area contributed by atoms with Gasteiger partial charge in [0.1, 0.15) is 17.3 Å². The quantitative estimate of drug-likeness (QED) is 0.361. The summed E-state index contributed by atoms with van der Waals surface area (Å²) in [6.45, 7) is 2.53. The van der Waals surface area contributed by atoms with Gasteiger partial charge in [-0.2, -0.15) is 0 Å². The van der Waals surface area contributed by atoms with Crippen molar-refractivity contribution in [1.82, 2.24) is 35.0 Å². The van der Waals surface area contributed by atoms with Crippen molar-refractivity contribution in [3.05, 3.63) is 84.6 Å². The summed E-state index contributed by atoms with van der Waals surface area (Å²) in [5, 5.41) is 12.2.